The third kappa shape index (κ3) is 3.07. The highest BCUT2D eigenvalue weighted by Gasteiger charge is 2.45. The molecule has 0 saturated carbocycles. The second-order valence-electron chi connectivity index (χ2n) is 6.25. The van der Waals surface area contributed by atoms with Crippen LogP contribution in [-0.4, -0.2) is 23.7 Å². The van der Waals surface area contributed by atoms with E-state index in [1.165, 1.54) is 15.6 Å². The van der Waals surface area contributed by atoms with E-state index >= 15 is 0 Å². The summed E-state index contributed by atoms with van der Waals surface area (Å²) < 4.78 is 6.05. The Hall–Kier alpha value is -0.450. The van der Waals surface area contributed by atoms with Gasteiger partial charge in [0.1, 0.15) is 5.01 Å². The molecule has 114 valence electrons. The van der Waals surface area contributed by atoms with Gasteiger partial charge in [0, 0.05) is 17.9 Å². The van der Waals surface area contributed by atoms with E-state index in [1.807, 2.05) is 11.3 Å². The van der Waals surface area contributed by atoms with E-state index in [0.717, 1.165) is 38.8 Å². The molecule has 1 aliphatic heterocycles. The van der Waals surface area contributed by atoms with Gasteiger partial charge in [0.05, 0.1) is 16.8 Å². The van der Waals surface area contributed by atoms with Gasteiger partial charge in [-0.05, 0) is 46.6 Å². The van der Waals surface area contributed by atoms with Crippen LogP contribution in [-0.2, 0) is 10.3 Å². The normalized spacial score (nSPS) is 30.6. The van der Waals surface area contributed by atoms with Crippen LogP contribution < -0.4 is 5.32 Å². The Balaban J connectivity index is 2.34. The summed E-state index contributed by atoms with van der Waals surface area (Å²) in [4.78, 5) is 6.19. The molecule has 3 nitrogen and oxygen atoms in total. The van der Waals surface area contributed by atoms with Gasteiger partial charge in [-0.3, -0.25) is 0 Å². The lowest BCUT2D eigenvalue weighted by Gasteiger charge is -2.45. The number of aryl methyl sites for hydroxylation is 2. The first-order valence-corrected chi connectivity index (χ1v) is 8.60. The largest absolute Gasteiger partial charge is 0.375 e. The van der Waals surface area contributed by atoms with Crippen LogP contribution >= 0.6 is 11.3 Å². The Labute approximate surface area is 127 Å². The van der Waals surface area contributed by atoms with Crippen LogP contribution in [0.2, 0.25) is 0 Å². The Bertz CT molecular complexity index is 440. The minimum Gasteiger partial charge on any atom is -0.375 e. The third-order valence-electron chi connectivity index (χ3n) is 4.55. The van der Waals surface area contributed by atoms with Crippen molar-refractivity contribution in [2.24, 2.45) is 0 Å². The maximum atomic E-state index is 6.05. The molecule has 1 fully saturated rings. The zero-order chi connectivity index (χ0) is 14.8. The molecule has 0 spiro atoms. The van der Waals surface area contributed by atoms with Gasteiger partial charge < -0.3 is 10.1 Å². The van der Waals surface area contributed by atoms with Crippen molar-refractivity contribution in [2.45, 2.75) is 71.4 Å². The van der Waals surface area contributed by atoms with Crippen LogP contribution in [0.3, 0.4) is 0 Å². The molecular weight excluding hydrogens is 268 g/mol. The predicted octanol–water partition coefficient (Wildman–Crippen LogP) is 3.93. The van der Waals surface area contributed by atoms with E-state index in [-0.39, 0.29) is 11.1 Å². The number of hydrogen-bond donors (Lipinski definition) is 1. The van der Waals surface area contributed by atoms with Gasteiger partial charge in [0.2, 0.25) is 0 Å². The second kappa shape index (κ2) is 6.12. The van der Waals surface area contributed by atoms with Crippen LogP contribution in [0.4, 0.5) is 0 Å². The monoisotopic (exact) mass is 296 g/mol. The molecule has 1 aromatic rings. The molecule has 2 unspecified atom stereocenters. The number of thiazole rings is 1. The molecule has 0 aromatic carbocycles. The average molecular weight is 296 g/mol. The fourth-order valence-corrected chi connectivity index (χ4v) is 4.03. The maximum Gasteiger partial charge on any atom is 0.113 e. The van der Waals surface area contributed by atoms with Crippen molar-refractivity contribution < 1.29 is 4.74 Å². The summed E-state index contributed by atoms with van der Waals surface area (Å²) in [6.45, 7) is 12.8. The highest BCUT2D eigenvalue weighted by Crippen LogP contribution is 2.42. The summed E-state index contributed by atoms with van der Waals surface area (Å²) >= 11 is 1.85. The SMILES string of the molecule is CCCNC1(c2nc(C)c(C)s2)CCOC(C)(CC)C1. The molecule has 1 aliphatic rings. The number of hydrogen-bond acceptors (Lipinski definition) is 4. The lowest BCUT2D eigenvalue weighted by molar-refractivity contribution is -0.103. The minimum absolute atomic E-state index is 0.00269. The Morgan fingerprint density at radius 1 is 1.35 bits per heavy atom. The zero-order valence-corrected chi connectivity index (χ0v) is 14.3. The zero-order valence-electron chi connectivity index (χ0n) is 13.5. The first-order valence-electron chi connectivity index (χ1n) is 7.78. The van der Waals surface area contributed by atoms with E-state index in [2.05, 4.69) is 39.9 Å². The van der Waals surface area contributed by atoms with Crippen LogP contribution in [0.15, 0.2) is 0 Å². The molecule has 0 amide bonds. The van der Waals surface area contributed by atoms with Gasteiger partial charge in [0.15, 0.2) is 0 Å². The minimum atomic E-state index is -0.0352. The molecule has 4 heteroatoms. The number of ether oxygens (including phenoxy) is 1. The van der Waals surface area contributed by atoms with Crippen molar-refractivity contribution in [3.63, 3.8) is 0 Å². The predicted molar refractivity (Wildman–Crippen MR) is 85.4 cm³/mol. The molecule has 1 N–H and O–H groups in total. The van der Waals surface area contributed by atoms with Gasteiger partial charge in [-0.25, -0.2) is 4.98 Å². The van der Waals surface area contributed by atoms with Gasteiger partial charge in [0.25, 0.3) is 0 Å². The summed E-state index contributed by atoms with van der Waals surface area (Å²) in [6, 6.07) is 0. The van der Waals surface area contributed by atoms with Crippen molar-refractivity contribution in [2.75, 3.05) is 13.2 Å². The van der Waals surface area contributed by atoms with Gasteiger partial charge in [-0.15, -0.1) is 11.3 Å². The van der Waals surface area contributed by atoms with Crippen LogP contribution in [0.5, 0.6) is 0 Å². The van der Waals surface area contributed by atoms with Crippen LogP contribution in [0.1, 0.15) is 62.0 Å². The topological polar surface area (TPSA) is 34.2 Å². The third-order valence-corrected chi connectivity index (χ3v) is 5.83. The standard InChI is InChI=1S/C16H28N2OS/c1-6-9-17-16(14-18-12(3)13(4)20-14)8-10-19-15(5,7-2)11-16/h17H,6-11H2,1-5H3. The van der Waals surface area contributed by atoms with Crippen molar-refractivity contribution in [1.82, 2.24) is 10.3 Å². The summed E-state index contributed by atoms with van der Waals surface area (Å²) in [5.41, 5.74) is 1.14. The van der Waals surface area contributed by atoms with Crippen molar-refractivity contribution in [3.8, 4) is 0 Å². The highest BCUT2D eigenvalue weighted by molar-refractivity contribution is 7.11. The summed E-state index contributed by atoms with van der Waals surface area (Å²) in [5, 5.41) is 5.05. The van der Waals surface area contributed by atoms with Gasteiger partial charge in [-0.2, -0.15) is 0 Å². The first-order chi connectivity index (χ1) is 9.45. The number of nitrogens with zero attached hydrogens (tertiary/aromatic N) is 1. The van der Waals surface area contributed by atoms with Gasteiger partial charge in [-0.1, -0.05) is 13.8 Å². The molecular formula is C16H28N2OS. The van der Waals surface area contributed by atoms with E-state index < -0.39 is 0 Å². The fourth-order valence-electron chi connectivity index (χ4n) is 2.93. The van der Waals surface area contributed by atoms with Crippen molar-refractivity contribution in [1.29, 1.82) is 0 Å². The molecule has 0 aliphatic carbocycles. The van der Waals surface area contributed by atoms with Crippen molar-refractivity contribution in [3.05, 3.63) is 15.6 Å². The number of aromatic nitrogens is 1. The Kier molecular flexibility index (Phi) is 4.88. The maximum absolute atomic E-state index is 6.05. The molecule has 0 radical (unpaired) electrons. The summed E-state index contributed by atoms with van der Waals surface area (Å²) in [7, 11) is 0. The molecule has 2 heterocycles. The van der Waals surface area contributed by atoms with E-state index in [4.69, 9.17) is 9.72 Å². The second-order valence-corrected chi connectivity index (χ2v) is 7.45. The highest BCUT2D eigenvalue weighted by atomic mass is 32.1. The number of rotatable bonds is 5. The fraction of sp³-hybridized carbons (Fsp3) is 0.812. The Morgan fingerprint density at radius 3 is 2.65 bits per heavy atom. The number of nitrogens with one attached hydrogen (secondary N) is 1. The van der Waals surface area contributed by atoms with E-state index in [1.54, 1.807) is 0 Å². The molecule has 1 aromatic heterocycles. The quantitative estimate of drug-likeness (QED) is 0.894. The average Bonchev–Trinajstić information content (AvgIpc) is 2.77. The van der Waals surface area contributed by atoms with E-state index in [0.29, 0.717) is 0 Å². The molecule has 2 rings (SSSR count). The lowest BCUT2D eigenvalue weighted by atomic mass is 9.79. The van der Waals surface area contributed by atoms with Crippen molar-refractivity contribution >= 4 is 11.3 Å². The summed E-state index contributed by atoms with van der Waals surface area (Å²) in [6.07, 6.45) is 4.23. The summed E-state index contributed by atoms with van der Waals surface area (Å²) in [5.74, 6) is 0. The Morgan fingerprint density at radius 2 is 2.10 bits per heavy atom. The lowest BCUT2D eigenvalue weighted by Crippen LogP contribution is -2.53. The van der Waals surface area contributed by atoms with Gasteiger partial charge >= 0.3 is 0 Å². The molecule has 0 bridgehead atoms. The molecule has 1 saturated heterocycles. The molecule has 20 heavy (non-hydrogen) atoms. The van der Waals surface area contributed by atoms with E-state index in [9.17, 15) is 0 Å². The molecule has 2 atom stereocenters. The van der Waals surface area contributed by atoms with Crippen LogP contribution in [0, 0.1) is 13.8 Å². The van der Waals surface area contributed by atoms with Crippen LogP contribution in [0.25, 0.3) is 0 Å². The smallest absolute Gasteiger partial charge is 0.113 e. The first kappa shape index (κ1) is 15.9.